The maximum absolute atomic E-state index is 11.9. The average molecular weight is 241 g/mol. The van der Waals surface area contributed by atoms with Crippen LogP contribution >= 0.6 is 0 Å². The molecule has 0 saturated heterocycles. The van der Waals surface area contributed by atoms with Gasteiger partial charge in [-0.2, -0.15) is 0 Å². The Morgan fingerprint density at radius 1 is 1.53 bits per heavy atom. The molecule has 0 spiro atoms. The van der Waals surface area contributed by atoms with Gasteiger partial charge in [0, 0.05) is 6.04 Å². The molecule has 1 atom stereocenters. The Morgan fingerprint density at radius 3 is 2.94 bits per heavy atom. The molecule has 2 N–H and O–H groups in total. The molecule has 0 heterocycles. The molecule has 0 amide bonds. The lowest BCUT2D eigenvalue weighted by Gasteiger charge is -2.12. The van der Waals surface area contributed by atoms with Gasteiger partial charge in [-0.05, 0) is 17.7 Å². The van der Waals surface area contributed by atoms with Crippen molar-refractivity contribution in [1.29, 1.82) is 0 Å². The van der Waals surface area contributed by atoms with E-state index in [4.69, 9.17) is 10.5 Å². The third kappa shape index (κ3) is 4.40. The minimum Gasteiger partial charge on any atom is -0.491 e. The third-order valence-corrected chi connectivity index (χ3v) is 2.25. The summed E-state index contributed by atoms with van der Waals surface area (Å²) in [6.07, 6.45) is 0.100. The maximum atomic E-state index is 11.9. The number of carbonyl (C=O) groups is 1. The summed E-state index contributed by atoms with van der Waals surface area (Å²) in [4.78, 5) is 11.1. The minimum atomic E-state index is -0.543. The summed E-state index contributed by atoms with van der Waals surface area (Å²) in [5.41, 5.74) is 6.59. The first kappa shape index (κ1) is 13.4. The van der Waals surface area contributed by atoms with Crippen molar-refractivity contribution in [2.24, 2.45) is 5.73 Å². The fourth-order valence-corrected chi connectivity index (χ4v) is 1.37. The lowest BCUT2D eigenvalue weighted by Crippen LogP contribution is -2.16. The van der Waals surface area contributed by atoms with Gasteiger partial charge in [0.15, 0.2) is 0 Å². The van der Waals surface area contributed by atoms with Crippen LogP contribution in [0, 0.1) is 0 Å². The van der Waals surface area contributed by atoms with Crippen LogP contribution < -0.4 is 10.5 Å². The quantitative estimate of drug-likeness (QED) is 0.768. The van der Waals surface area contributed by atoms with Crippen molar-refractivity contribution >= 4 is 5.97 Å². The van der Waals surface area contributed by atoms with Gasteiger partial charge in [0.05, 0.1) is 13.5 Å². The van der Waals surface area contributed by atoms with Crippen molar-refractivity contribution < 1.29 is 18.7 Å². The number of hydrogen-bond donors (Lipinski definition) is 1. The van der Waals surface area contributed by atoms with E-state index in [2.05, 4.69) is 4.74 Å². The number of methoxy groups -OCH3 is 1. The summed E-state index contributed by atoms with van der Waals surface area (Å²) in [6, 6.07) is 6.50. The standard InChI is InChI=1S/C12H16FNO3/c1-16-12(15)8-11(14)9-3-2-4-10(7-9)17-6-5-13/h2-4,7,11H,5-6,8,14H2,1H3/t11-/m1/s1. The number of alkyl halides is 1. The Hall–Kier alpha value is -1.62. The number of benzene rings is 1. The molecule has 94 valence electrons. The second-order valence-corrected chi connectivity index (χ2v) is 3.50. The summed E-state index contributed by atoms with van der Waals surface area (Å²) in [5, 5.41) is 0. The third-order valence-electron chi connectivity index (χ3n) is 2.25. The first-order valence-corrected chi connectivity index (χ1v) is 5.28. The van der Waals surface area contributed by atoms with E-state index in [1.807, 2.05) is 0 Å². The van der Waals surface area contributed by atoms with Crippen molar-refractivity contribution in [3.05, 3.63) is 29.8 Å². The highest BCUT2D eigenvalue weighted by molar-refractivity contribution is 5.70. The van der Waals surface area contributed by atoms with E-state index in [0.29, 0.717) is 5.75 Å². The van der Waals surface area contributed by atoms with Gasteiger partial charge < -0.3 is 15.2 Å². The van der Waals surface area contributed by atoms with E-state index in [9.17, 15) is 9.18 Å². The van der Waals surface area contributed by atoms with Crippen LogP contribution in [0.15, 0.2) is 24.3 Å². The van der Waals surface area contributed by atoms with E-state index < -0.39 is 12.7 Å². The first-order valence-electron chi connectivity index (χ1n) is 5.28. The molecule has 0 bridgehead atoms. The Labute approximate surface area is 99.5 Å². The highest BCUT2D eigenvalue weighted by atomic mass is 19.1. The maximum Gasteiger partial charge on any atom is 0.307 e. The Bertz CT molecular complexity index is 371. The number of rotatable bonds is 6. The topological polar surface area (TPSA) is 61.5 Å². The largest absolute Gasteiger partial charge is 0.491 e. The predicted molar refractivity (Wildman–Crippen MR) is 61.5 cm³/mol. The van der Waals surface area contributed by atoms with Crippen molar-refractivity contribution in [2.45, 2.75) is 12.5 Å². The van der Waals surface area contributed by atoms with Gasteiger partial charge in [-0.1, -0.05) is 12.1 Å². The molecule has 5 heteroatoms. The molecule has 0 saturated carbocycles. The molecule has 0 fully saturated rings. The first-order chi connectivity index (χ1) is 8.17. The molecule has 17 heavy (non-hydrogen) atoms. The smallest absolute Gasteiger partial charge is 0.307 e. The van der Waals surface area contributed by atoms with Crippen LogP contribution in [-0.4, -0.2) is 26.4 Å². The predicted octanol–water partition coefficient (Wildman–Crippen LogP) is 1.60. The number of esters is 1. The summed E-state index contributed by atoms with van der Waals surface area (Å²) in [6.45, 7) is -0.534. The second-order valence-electron chi connectivity index (χ2n) is 3.50. The van der Waals surface area contributed by atoms with E-state index in [1.165, 1.54) is 7.11 Å². The van der Waals surface area contributed by atoms with Crippen LogP contribution in [0.2, 0.25) is 0 Å². The Kier molecular flexibility index (Phi) is 5.42. The fraction of sp³-hybridized carbons (Fsp3) is 0.417. The number of halogens is 1. The highest BCUT2D eigenvalue weighted by Gasteiger charge is 2.12. The zero-order valence-corrected chi connectivity index (χ0v) is 9.69. The lowest BCUT2D eigenvalue weighted by molar-refractivity contribution is -0.141. The van der Waals surface area contributed by atoms with E-state index in [-0.39, 0.29) is 19.0 Å². The van der Waals surface area contributed by atoms with Crippen molar-refractivity contribution in [3.8, 4) is 5.75 Å². The molecular formula is C12H16FNO3. The fourth-order valence-electron chi connectivity index (χ4n) is 1.37. The SMILES string of the molecule is COC(=O)C[C@@H](N)c1cccc(OCCF)c1. The highest BCUT2D eigenvalue weighted by Crippen LogP contribution is 2.20. The number of carbonyl (C=O) groups excluding carboxylic acids is 1. The molecule has 0 radical (unpaired) electrons. The number of nitrogens with two attached hydrogens (primary N) is 1. The molecule has 0 aliphatic heterocycles. The van der Waals surface area contributed by atoms with Gasteiger partial charge in [-0.3, -0.25) is 4.79 Å². The van der Waals surface area contributed by atoms with Gasteiger partial charge in [-0.25, -0.2) is 4.39 Å². The van der Waals surface area contributed by atoms with E-state index >= 15 is 0 Å². The van der Waals surface area contributed by atoms with Gasteiger partial charge in [0.1, 0.15) is 19.0 Å². The molecule has 0 unspecified atom stereocenters. The van der Waals surface area contributed by atoms with Crippen LogP contribution in [-0.2, 0) is 9.53 Å². The van der Waals surface area contributed by atoms with Gasteiger partial charge >= 0.3 is 5.97 Å². The molecule has 1 aromatic carbocycles. The number of ether oxygens (including phenoxy) is 2. The zero-order valence-electron chi connectivity index (χ0n) is 9.69. The van der Waals surface area contributed by atoms with Gasteiger partial charge in [0.25, 0.3) is 0 Å². The van der Waals surface area contributed by atoms with Crippen LogP contribution in [0.1, 0.15) is 18.0 Å². The molecule has 1 aromatic rings. The summed E-state index contributed by atoms with van der Waals surface area (Å²) < 4.78 is 21.6. The van der Waals surface area contributed by atoms with Crippen molar-refractivity contribution in [3.63, 3.8) is 0 Å². The zero-order chi connectivity index (χ0) is 12.7. The van der Waals surface area contributed by atoms with Crippen molar-refractivity contribution in [1.82, 2.24) is 0 Å². The van der Waals surface area contributed by atoms with Crippen molar-refractivity contribution in [2.75, 3.05) is 20.4 Å². The molecule has 0 aliphatic carbocycles. The normalized spacial score (nSPS) is 11.9. The minimum absolute atomic E-state index is 0.00962. The molecule has 4 nitrogen and oxygen atoms in total. The van der Waals surface area contributed by atoms with E-state index in [1.54, 1.807) is 24.3 Å². The van der Waals surface area contributed by atoms with Crippen LogP contribution in [0.5, 0.6) is 5.75 Å². The van der Waals surface area contributed by atoms with Crippen LogP contribution in [0.3, 0.4) is 0 Å². The van der Waals surface area contributed by atoms with Gasteiger partial charge in [0.2, 0.25) is 0 Å². The van der Waals surface area contributed by atoms with Crippen LogP contribution in [0.25, 0.3) is 0 Å². The molecule has 0 aliphatic rings. The van der Waals surface area contributed by atoms with E-state index in [0.717, 1.165) is 5.56 Å². The van der Waals surface area contributed by atoms with Gasteiger partial charge in [-0.15, -0.1) is 0 Å². The molecular weight excluding hydrogens is 225 g/mol. The lowest BCUT2D eigenvalue weighted by atomic mass is 10.0. The second kappa shape index (κ2) is 6.85. The Morgan fingerprint density at radius 2 is 2.29 bits per heavy atom. The van der Waals surface area contributed by atoms with Crippen LogP contribution in [0.4, 0.5) is 4.39 Å². The molecule has 1 rings (SSSR count). The summed E-state index contributed by atoms with van der Waals surface area (Å²) in [5.74, 6) is 0.174. The molecule has 0 aromatic heterocycles. The summed E-state index contributed by atoms with van der Waals surface area (Å²) >= 11 is 0. The Balaban J connectivity index is 2.66. The number of hydrogen-bond acceptors (Lipinski definition) is 4. The summed E-state index contributed by atoms with van der Waals surface area (Å²) in [7, 11) is 1.32. The average Bonchev–Trinajstić information content (AvgIpc) is 2.36. The monoisotopic (exact) mass is 241 g/mol.